The molecule has 1 amide bonds. The van der Waals surface area contributed by atoms with Crippen LogP contribution in [0.1, 0.15) is 28.8 Å². The van der Waals surface area contributed by atoms with Crippen LogP contribution in [0.4, 0.5) is 33.3 Å². The van der Waals surface area contributed by atoms with Crippen molar-refractivity contribution >= 4 is 17.3 Å². The van der Waals surface area contributed by atoms with Crippen molar-refractivity contribution in [2.45, 2.75) is 31.4 Å². The highest BCUT2D eigenvalue weighted by molar-refractivity contribution is 6.13. The van der Waals surface area contributed by atoms with Gasteiger partial charge in [0.25, 0.3) is 5.91 Å². The third-order valence-electron chi connectivity index (χ3n) is 7.18. The van der Waals surface area contributed by atoms with Gasteiger partial charge in [0.05, 0.1) is 17.9 Å². The Labute approximate surface area is 233 Å². The number of carbonyl (C=O) groups excluding carboxylic acids is 1. The molecule has 2 aliphatic rings. The molecule has 0 unspecified atom stereocenters. The predicted molar refractivity (Wildman–Crippen MR) is 141 cm³/mol. The Morgan fingerprint density at radius 2 is 1.61 bits per heavy atom. The van der Waals surface area contributed by atoms with Crippen molar-refractivity contribution in [2.24, 2.45) is 0 Å². The predicted octanol–water partition coefficient (Wildman–Crippen LogP) is 5.95. The quantitative estimate of drug-likeness (QED) is 0.264. The number of ether oxygens (including phenoxy) is 3. The molecule has 41 heavy (non-hydrogen) atoms. The molecule has 1 saturated heterocycles. The number of amides is 1. The summed E-state index contributed by atoms with van der Waals surface area (Å²) in [6.07, 6.45) is -3.96. The van der Waals surface area contributed by atoms with Crippen LogP contribution in [0.5, 0.6) is 11.5 Å². The number of nitrogens with zero attached hydrogens (tertiary/aromatic N) is 2. The number of carbonyl (C=O) groups is 1. The fraction of sp³-hybridized carbons (Fsp3) is 0.345. The van der Waals surface area contributed by atoms with E-state index >= 15 is 0 Å². The topological polar surface area (TPSA) is 63.3 Å². The number of hydrogen-bond donors (Lipinski definition) is 1. The minimum atomic E-state index is -4.84. The number of methoxy groups -OCH3 is 1. The molecule has 2 heterocycles. The first-order valence-electron chi connectivity index (χ1n) is 13.0. The lowest BCUT2D eigenvalue weighted by Gasteiger charge is -2.52. The maximum atomic E-state index is 13.9. The molecule has 218 valence electrons. The van der Waals surface area contributed by atoms with Gasteiger partial charge in [-0.25, -0.2) is 8.78 Å². The maximum Gasteiger partial charge on any atom is 0.573 e. The first-order chi connectivity index (χ1) is 19.6. The summed E-state index contributed by atoms with van der Waals surface area (Å²) in [6, 6.07) is 14.0. The molecule has 7 nitrogen and oxygen atoms in total. The summed E-state index contributed by atoms with van der Waals surface area (Å²) >= 11 is 0. The summed E-state index contributed by atoms with van der Waals surface area (Å²) < 4.78 is 80.1. The van der Waals surface area contributed by atoms with Crippen LogP contribution in [0.25, 0.3) is 0 Å². The number of fused-ring (bicyclic) bond motifs is 1. The molecule has 0 aliphatic carbocycles. The highest BCUT2D eigenvalue weighted by Gasteiger charge is 2.47. The summed E-state index contributed by atoms with van der Waals surface area (Å²) in [4.78, 5) is 17.6. The fourth-order valence-corrected chi connectivity index (χ4v) is 5.25. The lowest BCUT2D eigenvalue weighted by atomic mass is 9.89. The van der Waals surface area contributed by atoms with E-state index in [2.05, 4.69) is 15.0 Å². The zero-order valence-corrected chi connectivity index (χ0v) is 22.1. The average molecular weight is 578 g/mol. The van der Waals surface area contributed by atoms with Gasteiger partial charge in [-0.05, 0) is 54.1 Å². The smallest absolute Gasteiger partial charge is 0.491 e. The molecule has 0 saturated carbocycles. The Balaban J connectivity index is 1.43. The lowest BCUT2D eigenvalue weighted by Crippen LogP contribution is -2.64. The second-order valence-corrected chi connectivity index (χ2v) is 9.91. The third-order valence-corrected chi connectivity index (χ3v) is 7.18. The van der Waals surface area contributed by atoms with Crippen LogP contribution in [0.2, 0.25) is 0 Å². The van der Waals surface area contributed by atoms with Gasteiger partial charge in [0.1, 0.15) is 23.8 Å². The van der Waals surface area contributed by atoms with Crippen molar-refractivity contribution < 1.29 is 41.0 Å². The van der Waals surface area contributed by atoms with E-state index in [4.69, 9.17) is 9.47 Å². The van der Waals surface area contributed by atoms with Crippen LogP contribution >= 0.6 is 0 Å². The van der Waals surface area contributed by atoms with Crippen molar-refractivity contribution in [3.8, 4) is 11.5 Å². The Hall–Kier alpha value is -3.90. The number of halogens is 5. The number of alkyl halides is 3. The molecule has 5 rings (SSSR count). The Kier molecular flexibility index (Phi) is 8.05. The van der Waals surface area contributed by atoms with Gasteiger partial charge in [-0.1, -0.05) is 6.07 Å². The van der Waals surface area contributed by atoms with Crippen molar-refractivity contribution in [3.63, 3.8) is 0 Å². The molecule has 2 aliphatic heterocycles. The molecule has 1 N–H and O–H groups in total. The molecular weight excluding hydrogens is 549 g/mol. The highest BCUT2D eigenvalue weighted by atomic mass is 19.4. The summed E-state index contributed by atoms with van der Waals surface area (Å²) in [6.45, 7) is 2.11. The highest BCUT2D eigenvalue weighted by Crippen LogP contribution is 2.42. The number of rotatable bonds is 8. The molecular formula is C29H28F5N3O4. The van der Waals surface area contributed by atoms with Gasteiger partial charge >= 0.3 is 6.36 Å². The van der Waals surface area contributed by atoms with Gasteiger partial charge in [0.15, 0.2) is 11.6 Å². The van der Waals surface area contributed by atoms with E-state index in [0.717, 1.165) is 6.07 Å². The van der Waals surface area contributed by atoms with Crippen LogP contribution in [0, 0.1) is 11.6 Å². The van der Waals surface area contributed by atoms with Crippen molar-refractivity contribution in [3.05, 3.63) is 83.4 Å². The number of hydrogen-bond acceptors (Lipinski definition) is 6. The number of piperidine rings is 1. The fourth-order valence-electron chi connectivity index (χ4n) is 5.25. The van der Waals surface area contributed by atoms with Crippen LogP contribution in [-0.2, 0) is 11.3 Å². The van der Waals surface area contributed by atoms with Gasteiger partial charge in [-0.3, -0.25) is 14.6 Å². The first kappa shape index (κ1) is 28.6. The van der Waals surface area contributed by atoms with E-state index in [0.29, 0.717) is 73.9 Å². The molecule has 0 aromatic heterocycles. The number of nitrogens with one attached hydrogen (secondary N) is 1. The molecule has 12 heteroatoms. The van der Waals surface area contributed by atoms with E-state index in [-0.39, 0.29) is 5.91 Å². The molecule has 0 radical (unpaired) electrons. The van der Waals surface area contributed by atoms with Gasteiger partial charge in [-0.2, -0.15) is 0 Å². The van der Waals surface area contributed by atoms with Crippen LogP contribution in [0.15, 0.2) is 60.7 Å². The van der Waals surface area contributed by atoms with E-state index in [9.17, 15) is 26.7 Å². The number of benzene rings is 3. The molecule has 0 bridgehead atoms. The second-order valence-electron chi connectivity index (χ2n) is 9.91. The monoisotopic (exact) mass is 577 g/mol. The summed E-state index contributed by atoms with van der Waals surface area (Å²) in [5.41, 5.74) is 1.07. The Morgan fingerprint density at radius 1 is 0.902 bits per heavy atom. The van der Waals surface area contributed by atoms with Crippen molar-refractivity contribution in [1.29, 1.82) is 0 Å². The van der Waals surface area contributed by atoms with Crippen molar-refractivity contribution in [1.82, 2.24) is 4.90 Å². The normalized spacial score (nSPS) is 16.8. The summed E-state index contributed by atoms with van der Waals surface area (Å²) in [5, 5.41) is 3.52. The standard InChI is InChI=1S/C29H28F5N3O4/c1-39-14-15-40-22-7-8-23-26(17-22)35-28(10-12-36(13-11-28)18-19-2-9-24(30)25(31)16-19)37(27(23)38)20-3-5-21(6-4-20)41-29(32,33)34/h2-9,16-17,35H,10-15,18H2,1H3. The Bertz CT molecular complexity index is 1390. The molecule has 3 aromatic carbocycles. The van der Waals surface area contributed by atoms with E-state index in [1.165, 1.54) is 36.4 Å². The van der Waals surface area contributed by atoms with E-state index in [1.807, 2.05) is 0 Å². The van der Waals surface area contributed by atoms with Gasteiger partial charge in [-0.15, -0.1) is 13.2 Å². The molecule has 1 spiro atoms. The largest absolute Gasteiger partial charge is 0.573 e. The van der Waals surface area contributed by atoms with Crippen LogP contribution in [0.3, 0.4) is 0 Å². The zero-order valence-electron chi connectivity index (χ0n) is 22.1. The zero-order chi connectivity index (χ0) is 29.2. The minimum absolute atomic E-state index is 0.319. The molecule has 0 atom stereocenters. The van der Waals surface area contributed by atoms with Crippen LogP contribution in [-0.4, -0.2) is 56.2 Å². The van der Waals surface area contributed by atoms with Gasteiger partial charge < -0.3 is 19.5 Å². The van der Waals surface area contributed by atoms with E-state index in [1.54, 1.807) is 30.2 Å². The summed E-state index contributed by atoms with van der Waals surface area (Å²) in [7, 11) is 1.56. The summed E-state index contributed by atoms with van der Waals surface area (Å²) in [5.74, 6) is -2.00. The third kappa shape index (κ3) is 6.38. The van der Waals surface area contributed by atoms with Crippen LogP contribution < -0.4 is 19.7 Å². The first-order valence-corrected chi connectivity index (χ1v) is 13.0. The van der Waals surface area contributed by atoms with E-state index < -0.39 is 29.4 Å². The minimum Gasteiger partial charge on any atom is -0.491 e. The lowest BCUT2D eigenvalue weighted by molar-refractivity contribution is -0.274. The number of likely N-dealkylation sites (tertiary alicyclic amines) is 1. The van der Waals surface area contributed by atoms with Gasteiger partial charge in [0, 0.05) is 51.3 Å². The molecule has 1 fully saturated rings. The van der Waals surface area contributed by atoms with Crippen molar-refractivity contribution in [2.75, 3.05) is 43.6 Å². The second kappa shape index (κ2) is 11.5. The molecule has 3 aromatic rings. The number of anilines is 2. The average Bonchev–Trinajstić information content (AvgIpc) is 2.92. The van der Waals surface area contributed by atoms with Gasteiger partial charge in [0.2, 0.25) is 0 Å². The Morgan fingerprint density at radius 3 is 2.27 bits per heavy atom. The maximum absolute atomic E-state index is 13.9. The SMILES string of the molecule is COCCOc1ccc2c(c1)NC1(CCN(Cc3ccc(F)c(F)c3)CC1)N(c1ccc(OC(F)(F)F)cc1)C2=O.